The van der Waals surface area contributed by atoms with E-state index in [0.29, 0.717) is 18.3 Å². The number of carbonyl (C=O) groups excluding carboxylic acids is 1. The summed E-state index contributed by atoms with van der Waals surface area (Å²) in [7, 11) is 0. The topological polar surface area (TPSA) is 81.1 Å². The van der Waals surface area contributed by atoms with Crippen LogP contribution in [-0.4, -0.2) is 40.6 Å². The summed E-state index contributed by atoms with van der Waals surface area (Å²) in [6.07, 6.45) is 1.70. The van der Waals surface area contributed by atoms with E-state index in [-0.39, 0.29) is 11.9 Å². The van der Waals surface area contributed by atoms with Crippen LogP contribution in [-0.2, 0) is 0 Å². The first-order chi connectivity index (χ1) is 10.3. The zero-order valence-corrected chi connectivity index (χ0v) is 11.3. The van der Waals surface area contributed by atoms with Crippen molar-refractivity contribution < 1.29 is 9.53 Å². The number of carbonyl (C=O) groups is 1. The Kier molecular flexibility index (Phi) is 2.85. The maximum atomic E-state index is 12.3. The third-order valence-electron chi connectivity index (χ3n) is 3.88. The van der Waals surface area contributed by atoms with E-state index < -0.39 is 0 Å². The fraction of sp³-hybridized carbons (Fsp3) is 0.357. The molecule has 0 bridgehead atoms. The summed E-state index contributed by atoms with van der Waals surface area (Å²) < 4.78 is 7.29. The summed E-state index contributed by atoms with van der Waals surface area (Å²) in [6.45, 7) is 2.19. The molecular weight excluding hydrogens is 270 g/mol. The Labute approximate surface area is 121 Å². The molecule has 0 spiro atoms. The molecule has 7 nitrogen and oxygen atoms in total. The van der Waals surface area contributed by atoms with Crippen molar-refractivity contribution in [1.29, 1.82) is 0 Å². The lowest BCUT2D eigenvalue weighted by atomic mass is 10.1. The van der Waals surface area contributed by atoms with Gasteiger partial charge in [0.05, 0.1) is 18.3 Å². The van der Waals surface area contributed by atoms with Crippen LogP contribution in [0.2, 0.25) is 0 Å². The van der Waals surface area contributed by atoms with Crippen molar-refractivity contribution in [3.63, 3.8) is 0 Å². The average molecular weight is 285 g/mol. The van der Waals surface area contributed by atoms with E-state index in [0.717, 1.165) is 24.4 Å². The Morgan fingerprint density at radius 2 is 2.24 bits per heavy atom. The summed E-state index contributed by atoms with van der Waals surface area (Å²) in [4.78, 5) is 12.3. The Bertz CT molecular complexity index is 680. The van der Waals surface area contributed by atoms with Crippen LogP contribution >= 0.6 is 0 Å². The van der Waals surface area contributed by atoms with E-state index in [9.17, 15) is 4.79 Å². The van der Waals surface area contributed by atoms with Gasteiger partial charge in [-0.2, -0.15) is 0 Å². The molecule has 1 aromatic heterocycles. The second-order valence-electron chi connectivity index (χ2n) is 5.27. The number of amides is 1. The highest BCUT2D eigenvalue weighted by Crippen LogP contribution is 2.31. The first-order valence-corrected chi connectivity index (χ1v) is 6.96. The number of benzene rings is 1. The molecule has 2 aliphatic rings. The number of nitrogens with one attached hydrogen (secondary N) is 2. The van der Waals surface area contributed by atoms with Crippen molar-refractivity contribution >= 4 is 5.91 Å². The molecule has 1 fully saturated rings. The van der Waals surface area contributed by atoms with Crippen LogP contribution in [0, 0.1) is 0 Å². The molecule has 21 heavy (non-hydrogen) atoms. The molecule has 7 heteroatoms. The van der Waals surface area contributed by atoms with Crippen LogP contribution < -0.4 is 15.4 Å². The fourth-order valence-corrected chi connectivity index (χ4v) is 2.53. The fourth-order valence-electron chi connectivity index (χ4n) is 2.53. The number of hydrogen-bond donors (Lipinski definition) is 2. The predicted molar refractivity (Wildman–Crippen MR) is 74.1 cm³/mol. The zero-order valence-electron chi connectivity index (χ0n) is 11.3. The maximum absolute atomic E-state index is 12.3. The van der Waals surface area contributed by atoms with Gasteiger partial charge in [-0.05, 0) is 6.07 Å². The second-order valence-corrected chi connectivity index (χ2v) is 5.27. The van der Waals surface area contributed by atoms with Gasteiger partial charge in [0.1, 0.15) is 12.4 Å². The Morgan fingerprint density at radius 3 is 3.05 bits per heavy atom. The molecule has 0 aliphatic carbocycles. The van der Waals surface area contributed by atoms with Gasteiger partial charge in [0.25, 0.3) is 5.91 Å². The zero-order chi connectivity index (χ0) is 14.2. The minimum atomic E-state index is -0.223. The highest BCUT2D eigenvalue weighted by molar-refractivity contribution is 5.92. The van der Waals surface area contributed by atoms with Gasteiger partial charge in [0.2, 0.25) is 0 Å². The standard InChI is InChI=1S/C14H15N5O2/c20-14(11-7-19(18-17-11)9-5-15-6-9)16-12-8-21-13-4-2-1-3-10(12)13/h1-4,7,9,12,15H,5-6,8H2,(H,16,20). The van der Waals surface area contributed by atoms with Crippen LogP contribution in [0.5, 0.6) is 5.75 Å². The molecule has 2 aromatic rings. The summed E-state index contributed by atoms with van der Waals surface area (Å²) in [6, 6.07) is 7.89. The van der Waals surface area contributed by atoms with Gasteiger partial charge < -0.3 is 15.4 Å². The van der Waals surface area contributed by atoms with Crippen molar-refractivity contribution in [2.45, 2.75) is 12.1 Å². The highest BCUT2D eigenvalue weighted by Gasteiger charge is 2.27. The molecule has 1 unspecified atom stereocenters. The molecule has 108 valence electrons. The van der Waals surface area contributed by atoms with Crippen molar-refractivity contribution in [2.24, 2.45) is 0 Å². The van der Waals surface area contributed by atoms with E-state index in [1.807, 2.05) is 24.3 Å². The van der Waals surface area contributed by atoms with Crippen LogP contribution in [0.4, 0.5) is 0 Å². The number of rotatable bonds is 3. The third-order valence-corrected chi connectivity index (χ3v) is 3.88. The van der Waals surface area contributed by atoms with Crippen molar-refractivity contribution in [2.75, 3.05) is 19.7 Å². The first kappa shape index (κ1) is 12.3. The predicted octanol–water partition coefficient (Wildman–Crippen LogP) is 0.286. The minimum absolute atomic E-state index is 0.135. The smallest absolute Gasteiger partial charge is 0.274 e. The molecule has 1 amide bonds. The van der Waals surface area contributed by atoms with Gasteiger partial charge in [0, 0.05) is 18.7 Å². The largest absolute Gasteiger partial charge is 0.491 e. The number of nitrogens with zero attached hydrogens (tertiary/aromatic N) is 3. The third kappa shape index (κ3) is 2.15. The van der Waals surface area contributed by atoms with Gasteiger partial charge in [-0.1, -0.05) is 23.4 Å². The monoisotopic (exact) mass is 285 g/mol. The molecule has 2 N–H and O–H groups in total. The van der Waals surface area contributed by atoms with Gasteiger partial charge in [-0.15, -0.1) is 5.10 Å². The van der Waals surface area contributed by atoms with E-state index in [4.69, 9.17) is 4.74 Å². The molecule has 0 saturated carbocycles. The summed E-state index contributed by atoms with van der Waals surface area (Å²) >= 11 is 0. The molecule has 2 aliphatic heterocycles. The molecule has 4 rings (SSSR count). The van der Waals surface area contributed by atoms with Gasteiger partial charge in [0.15, 0.2) is 5.69 Å². The average Bonchev–Trinajstić information content (AvgIpc) is 3.05. The number of hydrogen-bond acceptors (Lipinski definition) is 5. The lowest BCUT2D eigenvalue weighted by Gasteiger charge is -2.26. The van der Waals surface area contributed by atoms with Crippen LogP contribution in [0.3, 0.4) is 0 Å². The highest BCUT2D eigenvalue weighted by atomic mass is 16.5. The molecular formula is C14H15N5O2. The van der Waals surface area contributed by atoms with Crippen molar-refractivity contribution in [3.05, 3.63) is 41.7 Å². The normalized spacial score (nSPS) is 20.5. The minimum Gasteiger partial charge on any atom is -0.491 e. The Hall–Kier alpha value is -2.41. The number of ether oxygens (including phenoxy) is 1. The Morgan fingerprint density at radius 1 is 1.38 bits per heavy atom. The first-order valence-electron chi connectivity index (χ1n) is 6.96. The summed E-state index contributed by atoms with van der Waals surface area (Å²) in [5.74, 6) is 0.603. The number of aromatic nitrogens is 3. The van der Waals surface area contributed by atoms with Crippen molar-refractivity contribution in [3.8, 4) is 5.75 Å². The van der Waals surface area contributed by atoms with E-state index >= 15 is 0 Å². The summed E-state index contributed by atoms with van der Waals surface area (Å²) in [5, 5.41) is 14.1. The molecule has 1 atom stereocenters. The number of fused-ring (bicyclic) bond motifs is 1. The summed E-state index contributed by atoms with van der Waals surface area (Å²) in [5.41, 5.74) is 1.34. The van der Waals surface area contributed by atoms with Gasteiger partial charge >= 0.3 is 0 Å². The number of para-hydroxylation sites is 1. The lowest BCUT2D eigenvalue weighted by Crippen LogP contribution is -2.43. The Balaban J connectivity index is 1.47. The molecule has 3 heterocycles. The lowest BCUT2D eigenvalue weighted by molar-refractivity contribution is 0.0925. The van der Waals surface area contributed by atoms with Crippen molar-refractivity contribution in [1.82, 2.24) is 25.6 Å². The van der Waals surface area contributed by atoms with Crippen LogP contribution in [0.15, 0.2) is 30.5 Å². The quantitative estimate of drug-likeness (QED) is 0.847. The molecule has 0 radical (unpaired) electrons. The van der Waals surface area contributed by atoms with E-state index in [2.05, 4.69) is 20.9 Å². The SMILES string of the molecule is O=C(NC1COc2ccccc21)c1cn(C2CNC2)nn1. The van der Waals surface area contributed by atoms with Crippen LogP contribution in [0.1, 0.15) is 28.1 Å². The van der Waals surface area contributed by atoms with E-state index in [1.54, 1.807) is 10.9 Å². The van der Waals surface area contributed by atoms with E-state index in [1.165, 1.54) is 0 Å². The second kappa shape index (κ2) is 4.85. The maximum Gasteiger partial charge on any atom is 0.274 e. The van der Waals surface area contributed by atoms with Gasteiger partial charge in [-0.25, -0.2) is 4.68 Å². The van der Waals surface area contributed by atoms with Crippen LogP contribution in [0.25, 0.3) is 0 Å². The molecule has 1 aromatic carbocycles. The van der Waals surface area contributed by atoms with Gasteiger partial charge in [-0.3, -0.25) is 4.79 Å². The molecule has 1 saturated heterocycles.